The molecule has 0 atom stereocenters. The van der Waals surface area contributed by atoms with E-state index in [2.05, 4.69) is 60.6 Å². The molecule has 35 heavy (non-hydrogen) atoms. The second-order valence-electron chi connectivity index (χ2n) is 7.78. The van der Waals surface area contributed by atoms with Crippen LogP contribution in [-0.2, 0) is 0 Å². The number of benzene rings is 3. The number of methoxy groups -OCH3 is 2. The Morgan fingerprint density at radius 3 is 1.49 bits per heavy atom. The van der Waals surface area contributed by atoms with Gasteiger partial charge in [0.1, 0.15) is 36.2 Å². The van der Waals surface area contributed by atoms with Gasteiger partial charge in [0.15, 0.2) is 0 Å². The molecular formula is C30H31NO4. The minimum absolute atomic E-state index is 0.314. The lowest BCUT2D eigenvalue weighted by atomic mass is 10.1. The van der Waals surface area contributed by atoms with Crippen molar-refractivity contribution in [3.63, 3.8) is 0 Å². The van der Waals surface area contributed by atoms with E-state index in [1.165, 1.54) is 11.1 Å². The fourth-order valence-corrected chi connectivity index (χ4v) is 3.37. The summed E-state index contributed by atoms with van der Waals surface area (Å²) in [5.74, 6) is 15.7. The van der Waals surface area contributed by atoms with Crippen molar-refractivity contribution in [1.29, 1.82) is 0 Å². The highest BCUT2D eigenvalue weighted by atomic mass is 16.5. The molecule has 0 N–H and O–H groups in total. The molecule has 3 aromatic carbocycles. The molecule has 5 heteroatoms. The number of nitrogens with zero attached hydrogens (tertiary/aromatic N) is 1. The van der Waals surface area contributed by atoms with Gasteiger partial charge in [-0.1, -0.05) is 41.4 Å². The number of hydrogen-bond donors (Lipinski definition) is 0. The third kappa shape index (κ3) is 8.25. The van der Waals surface area contributed by atoms with Crippen LogP contribution >= 0.6 is 0 Å². The van der Waals surface area contributed by atoms with Gasteiger partial charge in [-0.05, 0) is 74.0 Å². The SMILES string of the molecule is COc1ccc(OCC#CCN(CC#CCOc2ccc(OC)cc2)c2ccc(C)cc2C)cc1. The fourth-order valence-electron chi connectivity index (χ4n) is 3.37. The smallest absolute Gasteiger partial charge is 0.149 e. The van der Waals surface area contributed by atoms with Crippen LogP contribution < -0.4 is 23.8 Å². The van der Waals surface area contributed by atoms with Crippen LogP contribution in [0.4, 0.5) is 5.69 Å². The molecule has 0 saturated carbocycles. The van der Waals surface area contributed by atoms with Gasteiger partial charge in [-0.25, -0.2) is 0 Å². The van der Waals surface area contributed by atoms with Gasteiger partial charge >= 0.3 is 0 Å². The molecule has 5 nitrogen and oxygen atoms in total. The largest absolute Gasteiger partial charge is 0.497 e. The van der Waals surface area contributed by atoms with Crippen molar-refractivity contribution < 1.29 is 18.9 Å². The lowest BCUT2D eigenvalue weighted by molar-refractivity contribution is 0.367. The molecule has 0 aliphatic rings. The normalized spacial score (nSPS) is 9.71. The van der Waals surface area contributed by atoms with E-state index in [0.29, 0.717) is 26.3 Å². The third-order valence-corrected chi connectivity index (χ3v) is 5.22. The zero-order chi connectivity index (χ0) is 24.9. The van der Waals surface area contributed by atoms with Crippen LogP contribution in [0, 0.1) is 37.5 Å². The molecule has 0 heterocycles. The average Bonchev–Trinajstić information content (AvgIpc) is 2.88. The Morgan fingerprint density at radius 2 is 1.06 bits per heavy atom. The average molecular weight is 470 g/mol. The molecule has 3 rings (SSSR count). The van der Waals surface area contributed by atoms with E-state index >= 15 is 0 Å². The summed E-state index contributed by atoms with van der Waals surface area (Å²) in [6, 6.07) is 21.3. The van der Waals surface area contributed by atoms with Gasteiger partial charge < -0.3 is 23.8 Å². The van der Waals surface area contributed by atoms with Crippen molar-refractivity contribution in [2.45, 2.75) is 13.8 Å². The summed E-state index contributed by atoms with van der Waals surface area (Å²) in [4.78, 5) is 2.16. The minimum Gasteiger partial charge on any atom is -0.497 e. The molecule has 0 fully saturated rings. The predicted octanol–water partition coefficient (Wildman–Crippen LogP) is 5.29. The highest BCUT2D eigenvalue weighted by Gasteiger charge is 2.07. The zero-order valence-electron chi connectivity index (χ0n) is 20.8. The lowest BCUT2D eigenvalue weighted by Gasteiger charge is -2.22. The molecule has 0 radical (unpaired) electrons. The fraction of sp³-hybridized carbons (Fsp3) is 0.267. The molecule has 180 valence electrons. The van der Waals surface area contributed by atoms with Crippen LogP contribution in [0.3, 0.4) is 0 Å². The summed E-state index contributed by atoms with van der Waals surface area (Å²) in [7, 11) is 3.28. The van der Waals surface area contributed by atoms with E-state index in [4.69, 9.17) is 18.9 Å². The second kappa shape index (κ2) is 13.5. The van der Waals surface area contributed by atoms with Crippen LogP contribution in [0.25, 0.3) is 0 Å². The van der Waals surface area contributed by atoms with Crippen LogP contribution in [-0.4, -0.2) is 40.5 Å². The standard InChI is InChI=1S/C30H31NO4/c1-24-9-18-30(25(2)23-24)31(19-5-7-21-34-28-14-10-26(32-3)11-15-28)20-6-8-22-35-29-16-12-27(33-4)13-17-29/h9-18,23H,19-22H2,1-4H3. The molecule has 0 aromatic heterocycles. The Morgan fingerprint density at radius 1 is 0.600 bits per heavy atom. The highest BCUT2D eigenvalue weighted by Crippen LogP contribution is 2.21. The van der Waals surface area contributed by atoms with Crippen molar-refractivity contribution in [2.75, 3.05) is 45.4 Å². The highest BCUT2D eigenvalue weighted by molar-refractivity contribution is 5.56. The van der Waals surface area contributed by atoms with Crippen molar-refractivity contribution in [3.8, 4) is 46.7 Å². The second-order valence-corrected chi connectivity index (χ2v) is 7.78. The number of anilines is 1. The molecule has 0 aliphatic heterocycles. The van der Waals surface area contributed by atoms with Gasteiger partial charge in [-0.15, -0.1) is 0 Å². The molecule has 0 saturated heterocycles. The Kier molecular flexibility index (Phi) is 9.78. The molecular weight excluding hydrogens is 438 g/mol. The maximum absolute atomic E-state index is 5.70. The summed E-state index contributed by atoms with van der Waals surface area (Å²) >= 11 is 0. The summed E-state index contributed by atoms with van der Waals surface area (Å²) in [5.41, 5.74) is 3.54. The lowest BCUT2D eigenvalue weighted by Crippen LogP contribution is -2.25. The van der Waals surface area contributed by atoms with Gasteiger partial charge in [-0.2, -0.15) is 0 Å². The summed E-state index contributed by atoms with van der Waals surface area (Å²) < 4.78 is 21.7. The van der Waals surface area contributed by atoms with Crippen molar-refractivity contribution in [2.24, 2.45) is 0 Å². The van der Waals surface area contributed by atoms with Gasteiger partial charge in [0.05, 0.1) is 27.3 Å². The monoisotopic (exact) mass is 469 g/mol. The van der Waals surface area contributed by atoms with Gasteiger partial charge in [0, 0.05) is 5.69 Å². The van der Waals surface area contributed by atoms with Crippen LogP contribution in [0.5, 0.6) is 23.0 Å². The van der Waals surface area contributed by atoms with E-state index < -0.39 is 0 Å². The van der Waals surface area contributed by atoms with Gasteiger partial charge in [0.2, 0.25) is 0 Å². The first-order chi connectivity index (χ1) is 17.1. The van der Waals surface area contributed by atoms with Crippen molar-refractivity contribution >= 4 is 5.69 Å². The summed E-state index contributed by atoms with van der Waals surface area (Å²) in [6.45, 7) is 5.92. The maximum Gasteiger partial charge on any atom is 0.149 e. The molecule has 0 amide bonds. The van der Waals surface area contributed by atoms with E-state index in [9.17, 15) is 0 Å². The quantitative estimate of drug-likeness (QED) is 0.398. The first kappa shape index (κ1) is 25.4. The Balaban J connectivity index is 1.57. The van der Waals surface area contributed by atoms with Gasteiger partial charge in [0.25, 0.3) is 0 Å². The third-order valence-electron chi connectivity index (χ3n) is 5.22. The van der Waals surface area contributed by atoms with Gasteiger partial charge in [-0.3, -0.25) is 0 Å². The Hall–Kier alpha value is -4.22. The van der Waals surface area contributed by atoms with Crippen molar-refractivity contribution in [3.05, 3.63) is 77.9 Å². The summed E-state index contributed by atoms with van der Waals surface area (Å²) in [6.07, 6.45) is 0. The number of ether oxygens (including phenoxy) is 4. The van der Waals surface area contributed by atoms with E-state index in [1.54, 1.807) is 14.2 Å². The number of rotatable bonds is 9. The predicted molar refractivity (Wildman–Crippen MR) is 141 cm³/mol. The first-order valence-corrected chi connectivity index (χ1v) is 11.4. The number of aryl methyl sites for hydroxylation is 2. The van der Waals surface area contributed by atoms with Crippen LogP contribution in [0.1, 0.15) is 11.1 Å². The minimum atomic E-state index is 0.314. The molecule has 0 unspecified atom stereocenters. The van der Waals surface area contributed by atoms with Crippen LogP contribution in [0.15, 0.2) is 66.7 Å². The molecule has 0 spiro atoms. The van der Waals surface area contributed by atoms with Crippen molar-refractivity contribution in [1.82, 2.24) is 0 Å². The molecule has 0 aliphatic carbocycles. The van der Waals surface area contributed by atoms with E-state index in [-0.39, 0.29) is 0 Å². The van der Waals surface area contributed by atoms with E-state index in [1.807, 2.05) is 48.5 Å². The summed E-state index contributed by atoms with van der Waals surface area (Å²) in [5, 5.41) is 0. The maximum atomic E-state index is 5.70. The zero-order valence-corrected chi connectivity index (χ0v) is 20.8. The molecule has 3 aromatic rings. The Labute approximate surface area is 208 Å². The first-order valence-electron chi connectivity index (χ1n) is 11.4. The topological polar surface area (TPSA) is 40.2 Å². The van der Waals surface area contributed by atoms with E-state index in [0.717, 1.165) is 28.7 Å². The van der Waals surface area contributed by atoms with Crippen LogP contribution in [0.2, 0.25) is 0 Å². The number of hydrogen-bond acceptors (Lipinski definition) is 5. The Bertz CT molecular complexity index is 1120. The molecule has 0 bridgehead atoms.